The summed E-state index contributed by atoms with van der Waals surface area (Å²) in [5.41, 5.74) is -1.83. The maximum atomic E-state index is 13.7. The first kappa shape index (κ1) is 27.5. The fourth-order valence-electron chi connectivity index (χ4n) is 3.48. The summed E-state index contributed by atoms with van der Waals surface area (Å²) in [6.45, 7) is 7.23. The molecule has 0 radical (unpaired) electrons. The monoisotopic (exact) mass is 570 g/mol. The van der Waals surface area contributed by atoms with Gasteiger partial charge in [-0.2, -0.15) is 3.71 Å². The molecule has 2 aromatic carbocycles. The number of nitrogens with zero attached hydrogens (tertiary/aromatic N) is 2. The van der Waals surface area contributed by atoms with Gasteiger partial charge >= 0.3 is 7.12 Å². The van der Waals surface area contributed by atoms with Gasteiger partial charge in [0.15, 0.2) is 5.15 Å². The zero-order valence-electron chi connectivity index (χ0n) is 20.1. The van der Waals surface area contributed by atoms with Crippen molar-refractivity contribution in [2.75, 3.05) is 3.71 Å². The second-order valence-corrected chi connectivity index (χ2v) is 13.4. The molecule has 0 spiro atoms. The summed E-state index contributed by atoms with van der Waals surface area (Å²) in [5, 5.41) is -0.461. The van der Waals surface area contributed by atoms with E-state index >= 15 is 0 Å². The third-order valence-corrected chi connectivity index (χ3v) is 10.7. The number of aromatic nitrogens is 1. The van der Waals surface area contributed by atoms with Crippen LogP contribution < -0.4 is 9.17 Å². The van der Waals surface area contributed by atoms with E-state index in [0.717, 1.165) is 48.5 Å². The van der Waals surface area contributed by atoms with Gasteiger partial charge in [0.2, 0.25) is 0 Å². The summed E-state index contributed by atoms with van der Waals surface area (Å²) >= 11 is 6.26. The van der Waals surface area contributed by atoms with Crippen LogP contribution in [0.15, 0.2) is 70.6 Å². The van der Waals surface area contributed by atoms with Crippen molar-refractivity contribution in [2.45, 2.75) is 48.7 Å². The number of halogens is 3. The van der Waals surface area contributed by atoms with Crippen LogP contribution in [0.25, 0.3) is 0 Å². The van der Waals surface area contributed by atoms with Gasteiger partial charge in [-0.05, 0) is 82.3 Å². The lowest BCUT2D eigenvalue weighted by molar-refractivity contribution is 0.00578. The quantitative estimate of drug-likeness (QED) is 0.327. The molecule has 4 rings (SSSR count). The van der Waals surface area contributed by atoms with E-state index in [2.05, 4.69) is 4.98 Å². The molecule has 1 aromatic heterocycles. The molecule has 0 bridgehead atoms. The Morgan fingerprint density at radius 1 is 0.811 bits per heavy atom. The van der Waals surface area contributed by atoms with E-state index in [-0.39, 0.29) is 9.17 Å². The van der Waals surface area contributed by atoms with Crippen LogP contribution >= 0.6 is 11.6 Å². The van der Waals surface area contributed by atoms with Crippen LogP contribution in [0.5, 0.6) is 0 Å². The van der Waals surface area contributed by atoms with Gasteiger partial charge in [-0.3, -0.25) is 0 Å². The summed E-state index contributed by atoms with van der Waals surface area (Å²) in [6, 6.07) is 8.32. The minimum atomic E-state index is -4.92. The molecular formula is C23H22BClF2N2O6S2. The standard InChI is InChI=1S/C23H22BClF2N2O6S2/c1-22(2)23(3,4)35-24(34-22)15-13-20(21(25)28-14-15)29(36(30,31)18-9-5-16(26)6-10-18)37(32,33)19-11-7-17(27)8-12-19/h5-14H,1-4H3. The Kier molecular flexibility index (Phi) is 6.91. The Labute approximate surface area is 219 Å². The van der Waals surface area contributed by atoms with E-state index in [4.69, 9.17) is 20.9 Å². The number of anilines is 1. The van der Waals surface area contributed by atoms with E-state index in [1.807, 2.05) is 27.7 Å². The lowest BCUT2D eigenvalue weighted by atomic mass is 9.80. The van der Waals surface area contributed by atoms with Crippen LogP contribution in [0.1, 0.15) is 27.7 Å². The molecule has 8 nitrogen and oxygen atoms in total. The van der Waals surface area contributed by atoms with Crippen molar-refractivity contribution in [1.29, 1.82) is 0 Å². The number of rotatable bonds is 6. The highest BCUT2D eigenvalue weighted by atomic mass is 35.5. The van der Waals surface area contributed by atoms with Crippen molar-refractivity contribution in [1.82, 2.24) is 4.98 Å². The van der Waals surface area contributed by atoms with Gasteiger partial charge in [0.25, 0.3) is 20.0 Å². The maximum absolute atomic E-state index is 13.7. The van der Waals surface area contributed by atoms with Gasteiger partial charge in [0.1, 0.15) is 17.3 Å². The highest BCUT2D eigenvalue weighted by Gasteiger charge is 2.52. The van der Waals surface area contributed by atoms with Crippen molar-refractivity contribution in [3.8, 4) is 0 Å². The minimum absolute atomic E-state index is 0.0878. The lowest BCUT2D eigenvalue weighted by Gasteiger charge is -2.32. The summed E-state index contributed by atoms with van der Waals surface area (Å²) in [4.78, 5) is 2.94. The van der Waals surface area contributed by atoms with Gasteiger partial charge in [-0.1, -0.05) is 11.6 Å². The van der Waals surface area contributed by atoms with Crippen LogP contribution in [-0.2, 0) is 29.4 Å². The average molecular weight is 571 g/mol. The Morgan fingerprint density at radius 2 is 1.22 bits per heavy atom. The molecule has 1 saturated heterocycles. The number of hydrogen-bond acceptors (Lipinski definition) is 7. The van der Waals surface area contributed by atoms with Crippen molar-refractivity contribution in [2.24, 2.45) is 0 Å². The molecule has 37 heavy (non-hydrogen) atoms. The topological polar surface area (TPSA) is 103 Å². The molecule has 0 atom stereocenters. The van der Waals surface area contributed by atoms with Gasteiger partial charge in [-0.25, -0.2) is 30.6 Å². The largest absolute Gasteiger partial charge is 0.496 e. The molecule has 0 amide bonds. The summed E-state index contributed by atoms with van der Waals surface area (Å²) in [7, 11) is -10.8. The number of sulfonamides is 2. The number of hydrogen-bond donors (Lipinski definition) is 0. The van der Waals surface area contributed by atoms with Crippen LogP contribution in [-0.4, -0.2) is 40.1 Å². The highest BCUT2D eigenvalue weighted by Crippen LogP contribution is 2.38. The first-order valence-corrected chi connectivity index (χ1v) is 14.1. The predicted octanol–water partition coefficient (Wildman–Crippen LogP) is 3.90. The zero-order valence-corrected chi connectivity index (χ0v) is 22.5. The van der Waals surface area contributed by atoms with E-state index in [9.17, 15) is 25.6 Å². The fourth-order valence-corrected chi connectivity index (χ4v) is 7.46. The van der Waals surface area contributed by atoms with Crippen LogP contribution in [0, 0.1) is 11.6 Å². The molecular weight excluding hydrogens is 549 g/mol. The molecule has 3 aromatic rings. The van der Waals surface area contributed by atoms with Crippen LogP contribution in [0.2, 0.25) is 5.15 Å². The molecule has 196 valence electrons. The molecule has 0 unspecified atom stereocenters. The lowest BCUT2D eigenvalue weighted by Crippen LogP contribution is -2.41. The third-order valence-electron chi connectivity index (χ3n) is 6.22. The Balaban J connectivity index is 1.93. The molecule has 0 N–H and O–H groups in total. The highest BCUT2D eigenvalue weighted by molar-refractivity contribution is 8.10. The molecule has 1 aliphatic heterocycles. The second-order valence-electron chi connectivity index (χ2n) is 9.28. The molecule has 0 saturated carbocycles. The number of benzene rings is 2. The predicted molar refractivity (Wildman–Crippen MR) is 135 cm³/mol. The van der Waals surface area contributed by atoms with Crippen LogP contribution in [0.4, 0.5) is 14.5 Å². The van der Waals surface area contributed by atoms with Crippen molar-refractivity contribution in [3.63, 3.8) is 0 Å². The third kappa shape index (κ3) is 4.98. The molecule has 0 aliphatic carbocycles. The molecule has 14 heteroatoms. The normalized spacial score (nSPS) is 17.1. The maximum Gasteiger partial charge on any atom is 0.496 e. The Morgan fingerprint density at radius 3 is 1.62 bits per heavy atom. The van der Waals surface area contributed by atoms with Crippen LogP contribution in [0.3, 0.4) is 0 Å². The van der Waals surface area contributed by atoms with Crippen molar-refractivity contribution >= 4 is 49.9 Å². The number of pyridine rings is 1. The van der Waals surface area contributed by atoms with Gasteiger partial charge < -0.3 is 9.31 Å². The van der Waals surface area contributed by atoms with E-state index in [1.54, 1.807) is 0 Å². The fraction of sp³-hybridized carbons (Fsp3) is 0.261. The Bertz CT molecular complexity index is 1460. The average Bonchev–Trinajstić information content (AvgIpc) is 3.02. The first-order valence-electron chi connectivity index (χ1n) is 10.9. The minimum Gasteiger partial charge on any atom is -0.399 e. The zero-order chi connectivity index (χ0) is 27.4. The summed E-state index contributed by atoms with van der Waals surface area (Å²) in [6.07, 6.45) is 1.28. The van der Waals surface area contributed by atoms with Gasteiger partial charge in [0.05, 0.1) is 21.0 Å². The first-order chi connectivity index (χ1) is 17.1. The molecule has 2 heterocycles. The molecule has 1 aliphatic rings. The van der Waals surface area contributed by atoms with Gasteiger partial charge in [-0.15, -0.1) is 0 Å². The SMILES string of the molecule is CC1(C)OB(c2cnc(Cl)c(N(S(=O)(=O)c3ccc(F)cc3)S(=O)(=O)c3ccc(F)cc3)c2)OC1(C)C. The van der Waals surface area contributed by atoms with E-state index < -0.39 is 70.6 Å². The van der Waals surface area contributed by atoms with Crippen molar-refractivity contribution < 1.29 is 34.9 Å². The van der Waals surface area contributed by atoms with Gasteiger partial charge in [0, 0.05) is 11.7 Å². The van der Waals surface area contributed by atoms with E-state index in [0.29, 0.717) is 0 Å². The van der Waals surface area contributed by atoms with Crippen molar-refractivity contribution in [3.05, 3.63) is 77.6 Å². The summed E-state index contributed by atoms with van der Waals surface area (Å²) in [5.74, 6) is -1.45. The summed E-state index contributed by atoms with van der Waals surface area (Å²) < 4.78 is 94.0. The van der Waals surface area contributed by atoms with E-state index in [1.165, 1.54) is 12.3 Å². The molecule has 1 fully saturated rings. The Hall–Kier alpha value is -2.58. The second kappa shape index (κ2) is 9.31. The smallest absolute Gasteiger partial charge is 0.399 e.